The number of nitrogens with one attached hydrogen (secondary N) is 2. The van der Waals surface area contributed by atoms with Gasteiger partial charge in [0, 0.05) is 23.9 Å². The topological polar surface area (TPSA) is 123 Å². The van der Waals surface area contributed by atoms with Crippen LogP contribution in [-0.4, -0.2) is 51.0 Å². The second kappa shape index (κ2) is 8.43. The van der Waals surface area contributed by atoms with E-state index in [1.807, 2.05) is 24.3 Å². The van der Waals surface area contributed by atoms with Crippen molar-refractivity contribution in [1.29, 1.82) is 0 Å². The molecule has 1 aromatic carbocycles. The number of aromatic amines is 1. The van der Waals surface area contributed by atoms with Crippen LogP contribution >= 0.6 is 0 Å². The highest BCUT2D eigenvalue weighted by atomic mass is 16.5. The van der Waals surface area contributed by atoms with E-state index in [9.17, 15) is 9.59 Å². The van der Waals surface area contributed by atoms with Crippen LogP contribution in [0.25, 0.3) is 17.0 Å². The van der Waals surface area contributed by atoms with Gasteiger partial charge in [-0.1, -0.05) is 0 Å². The van der Waals surface area contributed by atoms with Crippen molar-refractivity contribution in [3.8, 4) is 23.0 Å². The minimum absolute atomic E-state index is 0.216. The molecule has 0 saturated carbocycles. The summed E-state index contributed by atoms with van der Waals surface area (Å²) in [5.74, 6) is 1.38. The minimum Gasteiger partial charge on any atom is -0.497 e. The van der Waals surface area contributed by atoms with Gasteiger partial charge in [0.15, 0.2) is 11.5 Å². The molecule has 0 bridgehead atoms. The Balaban J connectivity index is 1.40. The maximum Gasteiger partial charge on any atom is 0.252 e. The number of pyridine rings is 1. The van der Waals surface area contributed by atoms with Gasteiger partial charge in [0.1, 0.15) is 12.4 Å². The molecule has 3 heterocycles. The van der Waals surface area contributed by atoms with Gasteiger partial charge in [-0.3, -0.25) is 9.59 Å². The summed E-state index contributed by atoms with van der Waals surface area (Å²) in [6.07, 6.45) is 1.36. The van der Waals surface area contributed by atoms with Gasteiger partial charge in [0.2, 0.25) is 11.4 Å². The summed E-state index contributed by atoms with van der Waals surface area (Å²) < 4.78 is 12.4. The molecule has 0 aliphatic rings. The van der Waals surface area contributed by atoms with Gasteiger partial charge in [-0.2, -0.15) is 4.52 Å². The fraction of sp³-hybridized carbons (Fsp3) is 0.150. The van der Waals surface area contributed by atoms with E-state index < -0.39 is 0 Å². The monoisotopic (exact) mass is 406 g/mol. The van der Waals surface area contributed by atoms with Crippen molar-refractivity contribution in [2.24, 2.45) is 0 Å². The van der Waals surface area contributed by atoms with Crippen LogP contribution in [0.2, 0.25) is 0 Å². The molecule has 0 saturated heterocycles. The molecule has 10 heteroatoms. The van der Waals surface area contributed by atoms with E-state index in [2.05, 4.69) is 25.6 Å². The van der Waals surface area contributed by atoms with E-state index in [0.29, 0.717) is 22.9 Å². The average Bonchev–Trinajstić information content (AvgIpc) is 3.20. The molecule has 0 unspecified atom stereocenters. The molecule has 1 amide bonds. The number of hydrogen-bond acceptors (Lipinski definition) is 7. The first kappa shape index (κ1) is 19.1. The summed E-state index contributed by atoms with van der Waals surface area (Å²) in [6, 6.07) is 13.6. The molecule has 0 fully saturated rings. The number of aromatic nitrogens is 5. The summed E-state index contributed by atoms with van der Waals surface area (Å²) in [6.45, 7) is 0.485. The van der Waals surface area contributed by atoms with Crippen LogP contribution in [0.15, 0.2) is 59.5 Å². The number of carbonyl (C=O) groups excluding carboxylic acids is 1. The van der Waals surface area contributed by atoms with Crippen molar-refractivity contribution in [3.05, 3.63) is 70.6 Å². The predicted octanol–water partition coefficient (Wildman–Crippen LogP) is 1.30. The number of carbonyl (C=O) groups is 1. The van der Waals surface area contributed by atoms with Crippen molar-refractivity contribution in [3.63, 3.8) is 0 Å². The lowest BCUT2D eigenvalue weighted by Crippen LogP contribution is -2.28. The van der Waals surface area contributed by atoms with Crippen molar-refractivity contribution >= 4 is 11.6 Å². The van der Waals surface area contributed by atoms with Crippen LogP contribution in [0.4, 0.5) is 0 Å². The van der Waals surface area contributed by atoms with E-state index in [4.69, 9.17) is 9.47 Å². The van der Waals surface area contributed by atoms with Gasteiger partial charge in [-0.05, 0) is 36.4 Å². The predicted molar refractivity (Wildman–Crippen MR) is 108 cm³/mol. The van der Waals surface area contributed by atoms with Crippen molar-refractivity contribution < 1.29 is 14.3 Å². The Hall–Kier alpha value is -4.21. The van der Waals surface area contributed by atoms with Crippen LogP contribution in [0.5, 0.6) is 11.6 Å². The quantitative estimate of drug-likeness (QED) is 0.443. The summed E-state index contributed by atoms with van der Waals surface area (Å²) >= 11 is 0. The van der Waals surface area contributed by atoms with Gasteiger partial charge < -0.3 is 19.8 Å². The number of benzene rings is 1. The van der Waals surface area contributed by atoms with E-state index in [0.717, 1.165) is 11.3 Å². The first-order valence-corrected chi connectivity index (χ1v) is 9.11. The third kappa shape index (κ3) is 4.12. The Labute approximate surface area is 170 Å². The highest BCUT2D eigenvalue weighted by Gasteiger charge is 2.11. The van der Waals surface area contributed by atoms with E-state index >= 15 is 0 Å². The standard InChI is InChI=1S/C20H18N6O4/c1-29-15-5-2-13(3-6-15)19-24-23-16-7-9-18(25-26(16)19)30-11-10-21-20(28)14-4-8-17(27)22-12-14/h2-9,12H,10-11H2,1H3,(H,21,28)(H,22,27). The van der Waals surface area contributed by atoms with E-state index in [-0.39, 0.29) is 24.6 Å². The van der Waals surface area contributed by atoms with Crippen LogP contribution < -0.4 is 20.3 Å². The zero-order valence-electron chi connectivity index (χ0n) is 16.0. The number of methoxy groups -OCH3 is 1. The van der Waals surface area contributed by atoms with E-state index in [1.54, 1.807) is 23.8 Å². The van der Waals surface area contributed by atoms with Crippen LogP contribution in [0, 0.1) is 0 Å². The van der Waals surface area contributed by atoms with E-state index in [1.165, 1.54) is 18.3 Å². The first-order chi connectivity index (χ1) is 14.6. The molecule has 10 nitrogen and oxygen atoms in total. The third-order valence-corrected chi connectivity index (χ3v) is 4.27. The van der Waals surface area contributed by atoms with Crippen molar-refractivity contribution in [1.82, 2.24) is 30.1 Å². The highest BCUT2D eigenvalue weighted by Crippen LogP contribution is 2.21. The SMILES string of the molecule is COc1ccc(-c2nnc3ccc(OCCNC(=O)c4ccc(=O)[nH]c4)nn23)cc1. The molecule has 4 rings (SSSR count). The molecule has 0 spiro atoms. The van der Waals surface area contributed by atoms with Crippen LogP contribution in [0.1, 0.15) is 10.4 Å². The number of amides is 1. The zero-order chi connectivity index (χ0) is 20.9. The molecule has 0 atom stereocenters. The second-order valence-corrected chi connectivity index (χ2v) is 6.24. The molecule has 4 aromatic rings. The summed E-state index contributed by atoms with van der Waals surface area (Å²) in [7, 11) is 1.61. The maximum atomic E-state index is 12.0. The molecule has 152 valence electrons. The Morgan fingerprint density at radius 2 is 1.93 bits per heavy atom. The lowest BCUT2D eigenvalue weighted by Gasteiger charge is -2.08. The minimum atomic E-state index is -0.307. The third-order valence-electron chi connectivity index (χ3n) is 4.27. The van der Waals surface area contributed by atoms with Gasteiger partial charge in [0.25, 0.3) is 5.91 Å². The molecule has 0 radical (unpaired) electrons. The fourth-order valence-electron chi connectivity index (χ4n) is 2.74. The van der Waals surface area contributed by atoms with Gasteiger partial charge in [-0.15, -0.1) is 15.3 Å². The maximum absolute atomic E-state index is 12.0. The Kier molecular flexibility index (Phi) is 5.37. The second-order valence-electron chi connectivity index (χ2n) is 6.24. The Bertz CT molecular complexity index is 1210. The smallest absolute Gasteiger partial charge is 0.252 e. The summed E-state index contributed by atoms with van der Waals surface area (Å²) in [5, 5.41) is 15.4. The number of fused-ring (bicyclic) bond motifs is 1. The molecule has 0 aliphatic heterocycles. The lowest BCUT2D eigenvalue weighted by atomic mass is 10.2. The fourth-order valence-corrected chi connectivity index (χ4v) is 2.74. The molecular weight excluding hydrogens is 388 g/mol. The zero-order valence-corrected chi connectivity index (χ0v) is 16.0. The van der Waals surface area contributed by atoms with Crippen LogP contribution in [0.3, 0.4) is 0 Å². The first-order valence-electron chi connectivity index (χ1n) is 9.11. The number of nitrogens with zero attached hydrogens (tertiary/aromatic N) is 4. The normalized spacial score (nSPS) is 10.7. The summed E-state index contributed by atoms with van der Waals surface area (Å²) in [4.78, 5) is 25.5. The number of rotatable bonds is 7. The lowest BCUT2D eigenvalue weighted by molar-refractivity contribution is 0.0946. The highest BCUT2D eigenvalue weighted by molar-refractivity contribution is 5.93. The Morgan fingerprint density at radius 3 is 2.67 bits per heavy atom. The molecule has 3 aromatic heterocycles. The number of hydrogen-bond donors (Lipinski definition) is 2. The molecular formula is C20H18N6O4. The van der Waals surface area contributed by atoms with Crippen molar-refractivity contribution in [2.45, 2.75) is 0 Å². The summed E-state index contributed by atoms with van der Waals surface area (Å²) in [5.41, 5.74) is 1.52. The van der Waals surface area contributed by atoms with Crippen molar-refractivity contribution in [2.75, 3.05) is 20.3 Å². The number of ether oxygens (including phenoxy) is 2. The van der Waals surface area contributed by atoms with Gasteiger partial charge >= 0.3 is 0 Å². The largest absolute Gasteiger partial charge is 0.497 e. The average molecular weight is 406 g/mol. The van der Waals surface area contributed by atoms with Crippen LogP contribution in [-0.2, 0) is 0 Å². The van der Waals surface area contributed by atoms with Gasteiger partial charge in [0.05, 0.1) is 19.2 Å². The molecule has 2 N–H and O–H groups in total. The molecule has 0 aliphatic carbocycles. The Morgan fingerprint density at radius 1 is 1.10 bits per heavy atom. The molecule has 30 heavy (non-hydrogen) atoms. The van der Waals surface area contributed by atoms with Gasteiger partial charge in [-0.25, -0.2) is 0 Å². The number of H-pyrrole nitrogens is 1.